The molecule has 0 unspecified atom stereocenters. The number of hydrogen-bond acceptors (Lipinski definition) is 5. The van der Waals surface area contributed by atoms with Crippen molar-refractivity contribution in [2.24, 2.45) is 5.92 Å². The molecule has 134 valence electrons. The Bertz CT molecular complexity index is 1110. The van der Waals surface area contributed by atoms with Gasteiger partial charge in [0, 0.05) is 24.1 Å². The van der Waals surface area contributed by atoms with E-state index in [1.165, 1.54) is 6.92 Å². The zero-order valence-corrected chi connectivity index (χ0v) is 13.5. The largest absolute Gasteiger partial charge is 0.511 e. The van der Waals surface area contributed by atoms with Crippen LogP contribution in [0.2, 0.25) is 0 Å². The van der Waals surface area contributed by atoms with E-state index in [2.05, 4.69) is 10.1 Å². The molecule has 0 radical (unpaired) electrons. The third-order valence-electron chi connectivity index (χ3n) is 3.88. The molecule has 0 aliphatic heterocycles. The van der Waals surface area contributed by atoms with Gasteiger partial charge in [-0.3, -0.25) is 9.59 Å². The SMILES string of the molecule is C[C@@H](CC(O)=c1c(=O)cc(-c2cc(F)cc(F)c2)n2ncnc12)C(=O)O. The predicted octanol–water partition coefficient (Wildman–Crippen LogP) is 1.53. The lowest BCUT2D eigenvalue weighted by atomic mass is 10.1. The van der Waals surface area contributed by atoms with Crippen LogP contribution in [0.5, 0.6) is 0 Å². The number of hydrogen-bond donors (Lipinski definition) is 2. The molecule has 0 aliphatic carbocycles. The number of carboxylic acids is 1. The Hall–Kier alpha value is -3.36. The molecule has 0 saturated carbocycles. The maximum atomic E-state index is 13.5. The highest BCUT2D eigenvalue weighted by atomic mass is 19.1. The van der Waals surface area contributed by atoms with E-state index in [0.717, 1.165) is 29.0 Å². The summed E-state index contributed by atoms with van der Waals surface area (Å²) in [7, 11) is 0. The number of fused-ring (bicyclic) bond motifs is 1. The maximum Gasteiger partial charge on any atom is 0.306 e. The lowest BCUT2D eigenvalue weighted by molar-refractivity contribution is -0.141. The second kappa shape index (κ2) is 6.51. The van der Waals surface area contributed by atoms with Crippen molar-refractivity contribution >= 4 is 17.4 Å². The summed E-state index contributed by atoms with van der Waals surface area (Å²) in [5.41, 5.74) is -0.545. The molecule has 0 fully saturated rings. The lowest BCUT2D eigenvalue weighted by Crippen LogP contribution is -2.31. The topological polar surface area (TPSA) is 105 Å². The standard InChI is InChI=1S/C17H13F2N3O4/c1-8(17(25)26)2-13(23)15-14(24)6-12(22-16(15)20-7-21-22)9-3-10(18)5-11(19)4-9/h3-8,23H,2H2,1H3,(H,25,26)/t8-/m0/s1. The fourth-order valence-electron chi connectivity index (χ4n) is 2.61. The van der Waals surface area contributed by atoms with Gasteiger partial charge in [-0.15, -0.1) is 0 Å². The number of aliphatic hydroxyl groups is 1. The first-order valence-corrected chi connectivity index (χ1v) is 7.56. The molecule has 2 N–H and O–H groups in total. The van der Waals surface area contributed by atoms with E-state index in [4.69, 9.17) is 5.11 Å². The Morgan fingerprint density at radius 1 is 1.19 bits per heavy atom. The molecule has 2 heterocycles. The molecule has 0 saturated heterocycles. The average Bonchev–Trinajstić information content (AvgIpc) is 3.01. The molecule has 1 atom stereocenters. The van der Waals surface area contributed by atoms with Gasteiger partial charge in [-0.05, 0) is 12.1 Å². The van der Waals surface area contributed by atoms with Gasteiger partial charge in [0.15, 0.2) is 11.1 Å². The molecule has 7 nitrogen and oxygen atoms in total. The first-order chi connectivity index (χ1) is 12.3. The number of rotatable bonds is 4. The summed E-state index contributed by atoms with van der Waals surface area (Å²) >= 11 is 0. The van der Waals surface area contributed by atoms with Crippen LogP contribution in [0.3, 0.4) is 0 Å². The first-order valence-electron chi connectivity index (χ1n) is 7.56. The van der Waals surface area contributed by atoms with Crippen LogP contribution in [-0.4, -0.2) is 30.8 Å². The van der Waals surface area contributed by atoms with Crippen LogP contribution >= 0.6 is 0 Å². The number of carboxylic acid groups (broad SMARTS) is 1. The van der Waals surface area contributed by atoms with E-state index in [1.807, 2.05) is 0 Å². The van der Waals surface area contributed by atoms with Crippen LogP contribution in [0, 0.1) is 17.6 Å². The number of carbonyl (C=O) groups is 1. The molecule has 0 bridgehead atoms. The summed E-state index contributed by atoms with van der Waals surface area (Å²) in [5, 5.41) is 22.9. The van der Waals surface area contributed by atoms with E-state index in [-0.39, 0.29) is 28.5 Å². The molecular weight excluding hydrogens is 348 g/mol. The van der Waals surface area contributed by atoms with Crippen LogP contribution in [0.25, 0.3) is 22.7 Å². The number of benzene rings is 1. The third kappa shape index (κ3) is 3.10. The second-order valence-corrected chi connectivity index (χ2v) is 5.81. The number of halogens is 2. The van der Waals surface area contributed by atoms with Crippen molar-refractivity contribution in [2.45, 2.75) is 13.3 Å². The highest BCUT2D eigenvalue weighted by Crippen LogP contribution is 2.20. The number of aliphatic hydroxyl groups excluding tert-OH is 1. The van der Waals surface area contributed by atoms with Crippen LogP contribution in [0.4, 0.5) is 8.78 Å². The molecule has 26 heavy (non-hydrogen) atoms. The Morgan fingerprint density at radius 2 is 1.85 bits per heavy atom. The van der Waals surface area contributed by atoms with Gasteiger partial charge < -0.3 is 10.2 Å². The Labute approximate surface area is 144 Å². The number of aliphatic carboxylic acids is 1. The molecule has 2 aromatic heterocycles. The number of aromatic nitrogens is 3. The van der Waals surface area contributed by atoms with Crippen LogP contribution < -0.4 is 10.6 Å². The molecule has 1 aromatic carbocycles. The van der Waals surface area contributed by atoms with Crippen LogP contribution in [0.1, 0.15) is 13.3 Å². The molecular formula is C17H13F2N3O4. The van der Waals surface area contributed by atoms with Crippen LogP contribution in [-0.2, 0) is 4.79 Å². The normalized spacial score (nSPS) is 13.7. The molecule has 3 aromatic rings. The van der Waals surface area contributed by atoms with E-state index in [0.29, 0.717) is 6.07 Å². The Kier molecular flexibility index (Phi) is 4.37. The minimum atomic E-state index is -1.13. The highest BCUT2D eigenvalue weighted by Gasteiger charge is 2.18. The van der Waals surface area contributed by atoms with E-state index >= 15 is 0 Å². The van der Waals surface area contributed by atoms with Gasteiger partial charge in [0.05, 0.1) is 11.6 Å². The summed E-state index contributed by atoms with van der Waals surface area (Å²) in [4.78, 5) is 27.4. The molecule has 0 amide bonds. The molecule has 3 rings (SSSR count). The van der Waals surface area contributed by atoms with E-state index in [1.54, 1.807) is 0 Å². The van der Waals surface area contributed by atoms with Crippen molar-refractivity contribution in [1.82, 2.24) is 14.6 Å². The summed E-state index contributed by atoms with van der Waals surface area (Å²) in [6.07, 6.45) is 0.840. The van der Waals surface area contributed by atoms with Gasteiger partial charge in [0.25, 0.3) is 0 Å². The Balaban J connectivity index is 2.28. The van der Waals surface area contributed by atoms with Gasteiger partial charge in [0.2, 0.25) is 0 Å². The summed E-state index contributed by atoms with van der Waals surface area (Å²) in [6.45, 7) is 1.38. The predicted molar refractivity (Wildman–Crippen MR) is 87.3 cm³/mol. The fraction of sp³-hybridized carbons (Fsp3) is 0.176. The maximum absolute atomic E-state index is 13.5. The minimum absolute atomic E-state index is 0.0349. The first kappa shape index (κ1) is 17.5. The molecule has 0 spiro atoms. The zero-order valence-electron chi connectivity index (χ0n) is 13.5. The van der Waals surface area contributed by atoms with Gasteiger partial charge in [-0.2, -0.15) is 5.10 Å². The van der Waals surface area contributed by atoms with E-state index < -0.39 is 34.7 Å². The van der Waals surface area contributed by atoms with Gasteiger partial charge in [-0.1, -0.05) is 6.92 Å². The van der Waals surface area contributed by atoms with Crippen molar-refractivity contribution < 1.29 is 23.8 Å². The van der Waals surface area contributed by atoms with Gasteiger partial charge in [0.1, 0.15) is 28.9 Å². The van der Waals surface area contributed by atoms with Crippen LogP contribution in [0.15, 0.2) is 35.4 Å². The zero-order chi connectivity index (χ0) is 19.0. The number of pyridine rings is 1. The fourth-order valence-corrected chi connectivity index (χ4v) is 2.61. The van der Waals surface area contributed by atoms with Gasteiger partial charge >= 0.3 is 5.97 Å². The lowest BCUT2D eigenvalue weighted by Gasteiger charge is -2.08. The summed E-state index contributed by atoms with van der Waals surface area (Å²) in [6, 6.07) is 3.83. The summed E-state index contributed by atoms with van der Waals surface area (Å²) in [5.74, 6) is -4.15. The molecule has 9 heteroatoms. The third-order valence-corrected chi connectivity index (χ3v) is 3.88. The monoisotopic (exact) mass is 361 g/mol. The van der Waals surface area contributed by atoms with E-state index in [9.17, 15) is 23.5 Å². The van der Waals surface area contributed by atoms with Gasteiger partial charge in [-0.25, -0.2) is 18.3 Å². The van der Waals surface area contributed by atoms with Crippen molar-refractivity contribution in [3.8, 4) is 11.3 Å². The summed E-state index contributed by atoms with van der Waals surface area (Å²) < 4.78 is 28.2. The second-order valence-electron chi connectivity index (χ2n) is 5.81. The molecule has 0 aliphatic rings. The van der Waals surface area contributed by atoms with Crippen molar-refractivity contribution in [1.29, 1.82) is 0 Å². The highest BCUT2D eigenvalue weighted by molar-refractivity contribution is 5.71. The minimum Gasteiger partial charge on any atom is -0.511 e. The average molecular weight is 361 g/mol. The quantitative estimate of drug-likeness (QED) is 0.730. The van der Waals surface area contributed by atoms with Crippen molar-refractivity contribution in [3.05, 3.63) is 57.7 Å². The van der Waals surface area contributed by atoms with Crippen molar-refractivity contribution in [2.75, 3.05) is 0 Å². The Morgan fingerprint density at radius 3 is 2.46 bits per heavy atom. The van der Waals surface area contributed by atoms with Crippen molar-refractivity contribution in [3.63, 3.8) is 0 Å². The smallest absolute Gasteiger partial charge is 0.306 e. The number of nitrogens with zero attached hydrogens (tertiary/aromatic N) is 3.